The summed E-state index contributed by atoms with van der Waals surface area (Å²) >= 11 is 0. The normalized spacial score (nSPS) is 11.0. The minimum atomic E-state index is 0.509. The van der Waals surface area contributed by atoms with Crippen molar-refractivity contribution in [1.82, 2.24) is 15.3 Å². The summed E-state index contributed by atoms with van der Waals surface area (Å²) in [5, 5.41) is 3.39. The van der Waals surface area contributed by atoms with Gasteiger partial charge >= 0.3 is 0 Å². The largest absolute Gasteiger partial charge is 0.494 e. The Morgan fingerprint density at radius 3 is 2.67 bits per heavy atom. The number of ether oxygens (including phenoxy) is 1. The molecule has 1 aromatic heterocycles. The number of H-pyrrole nitrogens is 1. The van der Waals surface area contributed by atoms with E-state index >= 15 is 0 Å². The maximum absolute atomic E-state index is 5.59. The lowest BCUT2D eigenvalue weighted by molar-refractivity contribution is 0.317. The smallest absolute Gasteiger partial charge is 0.119 e. The molecule has 0 atom stereocenters. The van der Waals surface area contributed by atoms with Gasteiger partial charge in [0.15, 0.2) is 0 Å². The molecule has 0 bridgehead atoms. The average Bonchev–Trinajstić information content (AvgIpc) is 2.94. The second-order valence-corrected chi connectivity index (χ2v) is 5.48. The molecule has 0 aliphatic heterocycles. The van der Waals surface area contributed by atoms with Gasteiger partial charge in [0.1, 0.15) is 11.6 Å². The number of benzene rings is 1. The lowest BCUT2D eigenvalue weighted by Crippen LogP contribution is -2.25. The Labute approximate surface area is 127 Å². The van der Waals surface area contributed by atoms with Crippen molar-refractivity contribution in [2.24, 2.45) is 0 Å². The Hall–Kier alpha value is -1.81. The first-order valence-corrected chi connectivity index (χ1v) is 7.69. The van der Waals surface area contributed by atoms with Crippen LogP contribution >= 0.6 is 0 Å². The topological polar surface area (TPSA) is 49.9 Å². The van der Waals surface area contributed by atoms with Gasteiger partial charge in [0.25, 0.3) is 0 Å². The number of hydrogen-bond acceptors (Lipinski definition) is 3. The summed E-state index contributed by atoms with van der Waals surface area (Å²) in [5.74, 6) is 1.94. The highest BCUT2D eigenvalue weighted by Gasteiger charge is 2.04. The van der Waals surface area contributed by atoms with Crippen LogP contribution in [0.5, 0.6) is 5.75 Å². The first kappa shape index (κ1) is 15.6. The van der Waals surface area contributed by atoms with Gasteiger partial charge < -0.3 is 15.0 Å². The highest BCUT2D eigenvalue weighted by atomic mass is 16.5. The van der Waals surface area contributed by atoms with Crippen molar-refractivity contribution in [2.75, 3.05) is 13.2 Å². The fraction of sp³-hybridized carbons (Fsp3) is 0.471. The van der Waals surface area contributed by atoms with Crippen LogP contribution in [0.3, 0.4) is 0 Å². The second-order valence-electron chi connectivity index (χ2n) is 5.48. The summed E-state index contributed by atoms with van der Waals surface area (Å²) in [6, 6.07) is 8.65. The molecule has 4 heteroatoms. The molecule has 2 aromatic rings. The molecule has 2 rings (SSSR count). The van der Waals surface area contributed by atoms with Crippen LogP contribution in [-0.4, -0.2) is 29.2 Å². The van der Waals surface area contributed by atoms with E-state index in [-0.39, 0.29) is 0 Å². The first-order valence-electron chi connectivity index (χ1n) is 7.69. The SMILES string of the molecule is CCCOc1ccc(-c2cnc(CCNC(C)C)[nH]2)cc1. The number of aromatic amines is 1. The van der Waals surface area contributed by atoms with E-state index in [0.29, 0.717) is 6.04 Å². The van der Waals surface area contributed by atoms with Gasteiger partial charge in [-0.05, 0) is 36.2 Å². The van der Waals surface area contributed by atoms with Gasteiger partial charge in [-0.1, -0.05) is 20.8 Å². The quantitative estimate of drug-likeness (QED) is 0.782. The van der Waals surface area contributed by atoms with E-state index in [1.807, 2.05) is 18.3 Å². The van der Waals surface area contributed by atoms with Gasteiger partial charge in [-0.2, -0.15) is 0 Å². The van der Waals surface area contributed by atoms with Crippen molar-refractivity contribution in [3.63, 3.8) is 0 Å². The molecule has 4 nitrogen and oxygen atoms in total. The Morgan fingerprint density at radius 1 is 1.24 bits per heavy atom. The summed E-state index contributed by atoms with van der Waals surface area (Å²) in [6.45, 7) is 8.10. The van der Waals surface area contributed by atoms with E-state index in [2.05, 4.69) is 48.2 Å². The Balaban J connectivity index is 1.94. The minimum absolute atomic E-state index is 0.509. The van der Waals surface area contributed by atoms with Crippen molar-refractivity contribution in [3.05, 3.63) is 36.3 Å². The van der Waals surface area contributed by atoms with E-state index in [4.69, 9.17) is 4.74 Å². The molecule has 1 heterocycles. The summed E-state index contributed by atoms with van der Waals surface area (Å²) < 4.78 is 5.59. The molecule has 0 spiro atoms. The summed E-state index contributed by atoms with van der Waals surface area (Å²) in [4.78, 5) is 7.81. The van der Waals surface area contributed by atoms with Crippen LogP contribution in [0.4, 0.5) is 0 Å². The van der Waals surface area contributed by atoms with Crippen LogP contribution in [0.1, 0.15) is 33.0 Å². The lowest BCUT2D eigenvalue weighted by Gasteiger charge is -2.06. The molecule has 0 fully saturated rings. The summed E-state index contributed by atoms with van der Waals surface area (Å²) in [7, 11) is 0. The molecule has 0 radical (unpaired) electrons. The third kappa shape index (κ3) is 4.90. The number of rotatable bonds is 8. The number of nitrogens with zero attached hydrogens (tertiary/aromatic N) is 1. The molecule has 0 unspecified atom stereocenters. The van der Waals surface area contributed by atoms with E-state index in [1.54, 1.807) is 0 Å². The van der Waals surface area contributed by atoms with Crippen molar-refractivity contribution in [1.29, 1.82) is 0 Å². The molecule has 21 heavy (non-hydrogen) atoms. The Kier molecular flexibility index (Phi) is 5.81. The van der Waals surface area contributed by atoms with Gasteiger partial charge in [-0.15, -0.1) is 0 Å². The Morgan fingerprint density at radius 2 is 2.00 bits per heavy atom. The number of aromatic nitrogens is 2. The molecule has 0 amide bonds. The molecular weight excluding hydrogens is 262 g/mol. The number of imidazole rings is 1. The average molecular weight is 287 g/mol. The predicted octanol–water partition coefficient (Wildman–Crippen LogP) is 3.41. The third-order valence-corrected chi connectivity index (χ3v) is 3.18. The highest BCUT2D eigenvalue weighted by molar-refractivity contribution is 5.59. The molecule has 2 N–H and O–H groups in total. The standard InChI is InChI=1S/C17H25N3O/c1-4-11-21-15-7-5-14(6-8-15)16-12-19-17(20-16)9-10-18-13(2)3/h5-8,12-13,18H,4,9-11H2,1-3H3,(H,19,20). The summed E-state index contributed by atoms with van der Waals surface area (Å²) in [5.41, 5.74) is 2.19. The zero-order valence-electron chi connectivity index (χ0n) is 13.1. The van der Waals surface area contributed by atoms with Crippen molar-refractivity contribution in [2.45, 2.75) is 39.7 Å². The highest BCUT2D eigenvalue weighted by Crippen LogP contribution is 2.21. The zero-order valence-corrected chi connectivity index (χ0v) is 13.1. The lowest BCUT2D eigenvalue weighted by atomic mass is 10.2. The van der Waals surface area contributed by atoms with Crippen molar-refractivity contribution >= 4 is 0 Å². The van der Waals surface area contributed by atoms with Crippen LogP contribution in [0.2, 0.25) is 0 Å². The number of nitrogens with one attached hydrogen (secondary N) is 2. The third-order valence-electron chi connectivity index (χ3n) is 3.18. The zero-order chi connectivity index (χ0) is 15.1. The van der Waals surface area contributed by atoms with Crippen molar-refractivity contribution in [3.8, 4) is 17.0 Å². The fourth-order valence-corrected chi connectivity index (χ4v) is 2.07. The predicted molar refractivity (Wildman–Crippen MR) is 86.7 cm³/mol. The van der Waals surface area contributed by atoms with Crippen LogP contribution in [-0.2, 0) is 6.42 Å². The monoisotopic (exact) mass is 287 g/mol. The number of hydrogen-bond donors (Lipinski definition) is 2. The first-order chi connectivity index (χ1) is 10.2. The van der Waals surface area contributed by atoms with Crippen LogP contribution in [0.15, 0.2) is 30.5 Å². The van der Waals surface area contributed by atoms with E-state index in [9.17, 15) is 0 Å². The maximum Gasteiger partial charge on any atom is 0.119 e. The van der Waals surface area contributed by atoms with Crippen LogP contribution < -0.4 is 10.1 Å². The van der Waals surface area contributed by atoms with Crippen molar-refractivity contribution < 1.29 is 4.74 Å². The molecule has 0 saturated heterocycles. The van der Waals surface area contributed by atoms with Gasteiger partial charge in [0, 0.05) is 19.0 Å². The molecule has 1 aromatic carbocycles. The van der Waals surface area contributed by atoms with Gasteiger partial charge in [0.05, 0.1) is 18.5 Å². The Bertz CT molecular complexity index is 531. The molecule has 0 aliphatic carbocycles. The van der Waals surface area contributed by atoms with Crippen LogP contribution in [0.25, 0.3) is 11.3 Å². The fourth-order valence-electron chi connectivity index (χ4n) is 2.07. The molecule has 0 saturated carbocycles. The van der Waals surface area contributed by atoms with Gasteiger partial charge in [0.2, 0.25) is 0 Å². The summed E-state index contributed by atoms with van der Waals surface area (Å²) in [6.07, 6.45) is 3.83. The van der Waals surface area contributed by atoms with Gasteiger partial charge in [-0.3, -0.25) is 0 Å². The molecular formula is C17H25N3O. The van der Waals surface area contributed by atoms with E-state index in [1.165, 1.54) is 0 Å². The molecule has 0 aliphatic rings. The molecule has 114 valence electrons. The van der Waals surface area contributed by atoms with E-state index in [0.717, 1.165) is 48.8 Å². The maximum atomic E-state index is 5.59. The minimum Gasteiger partial charge on any atom is -0.494 e. The second kappa shape index (κ2) is 7.84. The van der Waals surface area contributed by atoms with E-state index < -0.39 is 0 Å². The van der Waals surface area contributed by atoms with Gasteiger partial charge in [-0.25, -0.2) is 4.98 Å². The van der Waals surface area contributed by atoms with Crippen LogP contribution in [0, 0.1) is 0 Å².